The minimum atomic E-state index is 0.441. The van der Waals surface area contributed by atoms with E-state index in [1.807, 2.05) is 18.2 Å². The second-order valence-electron chi connectivity index (χ2n) is 3.07. The van der Waals surface area contributed by atoms with E-state index in [1.165, 1.54) is 0 Å². The summed E-state index contributed by atoms with van der Waals surface area (Å²) in [6.07, 6.45) is 1.21. The lowest BCUT2D eigenvalue weighted by atomic mass is 10.0. The number of benzene rings is 1. The molecule has 0 bridgehead atoms. The molecule has 0 spiro atoms. The van der Waals surface area contributed by atoms with Crippen LogP contribution >= 0.6 is 11.6 Å². The third kappa shape index (κ3) is 2.93. The molecule has 1 aromatic rings. The van der Waals surface area contributed by atoms with Crippen molar-refractivity contribution in [1.29, 1.82) is 5.26 Å². The number of hydrogen-bond donors (Lipinski definition) is 0. The van der Waals surface area contributed by atoms with Crippen molar-refractivity contribution in [2.45, 2.75) is 12.8 Å². The first-order valence-electron chi connectivity index (χ1n) is 4.50. The molecule has 0 aliphatic heterocycles. The van der Waals surface area contributed by atoms with Crippen LogP contribution in [0.25, 0.3) is 5.03 Å². The number of aryl methyl sites for hydroxylation is 1. The van der Waals surface area contributed by atoms with E-state index in [-0.39, 0.29) is 0 Å². The number of aliphatic imine (C=N–C) groups is 1. The standard InChI is InChI=1S/C12H11ClN2/c1-9(13)11-8-10(4-3-7-14)5-6-12(11)15-2/h5-6,8H,1-4H2. The van der Waals surface area contributed by atoms with Crippen LogP contribution in [-0.2, 0) is 6.42 Å². The highest BCUT2D eigenvalue weighted by Crippen LogP contribution is 2.28. The van der Waals surface area contributed by atoms with Gasteiger partial charge in [-0.3, -0.25) is 4.99 Å². The van der Waals surface area contributed by atoms with E-state index in [9.17, 15) is 0 Å². The van der Waals surface area contributed by atoms with Crippen LogP contribution in [0.15, 0.2) is 29.8 Å². The summed E-state index contributed by atoms with van der Waals surface area (Å²) in [5.41, 5.74) is 2.55. The summed E-state index contributed by atoms with van der Waals surface area (Å²) in [6.45, 7) is 7.13. The lowest BCUT2D eigenvalue weighted by Gasteiger charge is -2.05. The topological polar surface area (TPSA) is 36.1 Å². The molecule has 0 aliphatic carbocycles. The van der Waals surface area contributed by atoms with Crippen molar-refractivity contribution in [3.8, 4) is 6.07 Å². The fourth-order valence-corrected chi connectivity index (χ4v) is 1.45. The first kappa shape index (κ1) is 11.5. The Morgan fingerprint density at radius 3 is 2.80 bits per heavy atom. The monoisotopic (exact) mass is 218 g/mol. The fraction of sp³-hybridized carbons (Fsp3) is 0.167. The summed E-state index contributed by atoms with van der Waals surface area (Å²) in [5, 5.41) is 8.93. The molecule has 0 radical (unpaired) electrons. The Bertz CT molecular complexity index is 430. The van der Waals surface area contributed by atoms with E-state index < -0.39 is 0 Å². The molecule has 76 valence electrons. The van der Waals surface area contributed by atoms with Crippen LogP contribution < -0.4 is 0 Å². The zero-order chi connectivity index (χ0) is 11.3. The van der Waals surface area contributed by atoms with Crippen molar-refractivity contribution < 1.29 is 0 Å². The highest BCUT2D eigenvalue weighted by Gasteiger charge is 2.04. The van der Waals surface area contributed by atoms with Gasteiger partial charge in [-0.25, -0.2) is 0 Å². The minimum Gasteiger partial charge on any atom is -0.264 e. The van der Waals surface area contributed by atoms with E-state index in [0.29, 0.717) is 17.9 Å². The predicted octanol–water partition coefficient (Wildman–Crippen LogP) is 3.68. The maximum Gasteiger partial charge on any atom is 0.0709 e. The van der Waals surface area contributed by atoms with Crippen molar-refractivity contribution >= 4 is 29.0 Å². The molecule has 15 heavy (non-hydrogen) atoms. The molecule has 3 heteroatoms. The number of hydrogen-bond acceptors (Lipinski definition) is 2. The van der Waals surface area contributed by atoms with Gasteiger partial charge in [0.2, 0.25) is 0 Å². The fourth-order valence-electron chi connectivity index (χ4n) is 1.29. The van der Waals surface area contributed by atoms with Crippen LogP contribution in [-0.4, -0.2) is 6.72 Å². The summed E-state index contributed by atoms with van der Waals surface area (Å²) in [7, 11) is 0. The highest BCUT2D eigenvalue weighted by atomic mass is 35.5. The Hall–Kier alpha value is -1.59. The molecule has 0 atom stereocenters. The second-order valence-corrected chi connectivity index (χ2v) is 3.53. The van der Waals surface area contributed by atoms with Crippen molar-refractivity contribution in [1.82, 2.24) is 0 Å². The molecule has 0 heterocycles. The summed E-state index contributed by atoms with van der Waals surface area (Å²) in [4.78, 5) is 3.85. The number of nitriles is 1. The summed E-state index contributed by atoms with van der Waals surface area (Å²) in [5.74, 6) is 0. The Kier molecular flexibility index (Phi) is 4.08. The molecular formula is C12H11ClN2. The SMILES string of the molecule is C=Nc1ccc(CCC#N)cc1C(=C)Cl. The summed E-state index contributed by atoms with van der Waals surface area (Å²) < 4.78 is 0. The van der Waals surface area contributed by atoms with E-state index in [1.54, 1.807) is 0 Å². The van der Waals surface area contributed by atoms with E-state index in [0.717, 1.165) is 16.8 Å². The zero-order valence-electron chi connectivity index (χ0n) is 8.33. The van der Waals surface area contributed by atoms with Gasteiger partial charge in [-0.15, -0.1) is 0 Å². The van der Waals surface area contributed by atoms with Crippen molar-refractivity contribution in [2.24, 2.45) is 4.99 Å². The molecule has 2 nitrogen and oxygen atoms in total. The third-order valence-corrected chi connectivity index (χ3v) is 2.25. The third-order valence-electron chi connectivity index (χ3n) is 2.05. The molecule has 0 saturated heterocycles. The smallest absolute Gasteiger partial charge is 0.0709 e. The second kappa shape index (κ2) is 5.33. The number of rotatable bonds is 4. The van der Waals surface area contributed by atoms with Gasteiger partial charge in [0.1, 0.15) is 0 Å². The maximum absolute atomic E-state index is 8.48. The van der Waals surface area contributed by atoms with Gasteiger partial charge in [0.05, 0.1) is 11.8 Å². The molecular weight excluding hydrogens is 208 g/mol. The molecule has 0 saturated carbocycles. The van der Waals surface area contributed by atoms with Gasteiger partial charge in [0, 0.05) is 17.0 Å². The minimum absolute atomic E-state index is 0.441. The number of halogens is 1. The van der Waals surface area contributed by atoms with E-state index in [4.69, 9.17) is 16.9 Å². The quantitative estimate of drug-likeness (QED) is 0.710. The van der Waals surface area contributed by atoms with Gasteiger partial charge >= 0.3 is 0 Å². The van der Waals surface area contributed by atoms with Crippen LogP contribution in [0.1, 0.15) is 17.5 Å². The summed E-state index contributed by atoms with van der Waals surface area (Å²) in [6, 6.07) is 7.76. The Labute approximate surface area is 94.5 Å². The van der Waals surface area contributed by atoms with E-state index in [2.05, 4.69) is 24.4 Å². The van der Waals surface area contributed by atoms with Gasteiger partial charge in [-0.1, -0.05) is 24.2 Å². The first-order chi connectivity index (χ1) is 7.19. The van der Waals surface area contributed by atoms with Crippen molar-refractivity contribution in [2.75, 3.05) is 0 Å². The van der Waals surface area contributed by atoms with Gasteiger partial charge in [-0.05, 0) is 30.8 Å². The van der Waals surface area contributed by atoms with Crippen molar-refractivity contribution in [3.05, 3.63) is 35.9 Å². The Balaban J connectivity index is 3.06. The maximum atomic E-state index is 8.48. The van der Waals surface area contributed by atoms with Crippen LogP contribution in [0.4, 0.5) is 5.69 Å². The lowest BCUT2D eigenvalue weighted by Crippen LogP contribution is -1.86. The van der Waals surface area contributed by atoms with E-state index >= 15 is 0 Å². The molecule has 1 aromatic carbocycles. The zero-order valence-corrected chi connectivity index (χ0v) is 9.09. The summed E-state index contributed by atoms with van der Waals surface area (Å²) >= 11 is 5.85. The van der Waals surface area contributed by atoms with Gasteiger partial charge in [-0.2, -0.15) is 5.26 Å². The normalized spacial score (nSPS) is 9.33. The largest absolute Gasteiger partial charge is 0.264 e. The Morgan fingerprint density at radius 2 is 2.27 bits per heavy atom. The molecule has 0 aromatic heterocycles. The van der Waals surface area contributed by atoms with Gasteiger partial charge in [0.15, 0.2) is 0 Å². The van der Waals surface area contributed by atoms with Gasteiger partial charge < -0.3 is 0 Å². The molecule has 0 aliphatic rings. The van der Waals surface area contributed by atoms with Crippen LogP contribution in [0.2, 0.25) is 0 Å². The van der Waals surface area contributed by atoms with Gasteiger partial charge in [0.25, 0.3) is 0 Å². The van der Waals surface area contributed by atoms with Crippen LogP contribution in [0.3, 0.4) is 0 Å². The average Bonchev–Trinajstić information content (AvgIpc) is 2.25. The molecule has 0 amide bonds. The predicted molar refractivity (Wildman–Crippen MR) is 64.5 cm³/mol. The highest BCUT2D eigenvalue weighted by molar-refractivity contribution is 6.48. The van der Waals surface area contributed by atoms with Crippen LogP contribution in [0, 0.1) is 11.3 Å². The Morgan fingerprint density at radius 1 is 1.53 bits per heavy atom. The van der Waals surface area contributed by atoms with Crippen LogP contribution in [0.5, 0.6) is 0 Å². The molecule has 1 rings (SSSR count). The van der Waals surface area contributed by atoms with Crippen molar-refractivity contribution in [3.63, 3.8) is 0 Å². The molecule has 0 fully saturated rings. The molecule has 0 unspecified atom stereocenters. The molecule has 0 N–H and O–H groups in total. The number of nitrogens with zero attached hydrogens (tertiary/aromatic N) is 2. The lowest BCUT2D eigenvalue weighted by molar-refractivity contribution is 1.01. The first-order valence-corrected chi connectivity index (χ1v) is 4.88. The average molecular weight is 219 g/mol.